The van der Waals surface area contributed by atoms with Gasteiger partial charge >= 0.3 is 5.97 Å². The van der Waals surface area contributed by atoms with Crippen LogP contribution in [-0.2, 0) is 4.79 Å². The van der Waals surface area contributed by atoms with Crippen molar-refractivity contribution in [1.29, 1.82) is 0 Å². The van der Waals surface area contributed by atoms with E-state index in [4.69, 9.17) is 0 Å². The molecular weight excluding hydrogens is 264 g/mol. The Balaban J connectivity index is 1.58. The van der Waals surface area contributed by atoms with E-state index in [2.05, 4.69) is 10.2 Å². The molecule has 0 spiro atoms. The zero-order valence-electron chi connectivity index (χ0n) is 13.1. The van der Waals surface area contributed by atoms with E-state index in [1.165, 1.54) is 38.8 Å². The maximum Gasteiger partial charge on any atom is 0.324 e. The van der Waals surface area contributed by atoms with E-state index in [1.807, 2.05) is 0 Å². The Labute approximate surface area is 128 Å². The maximum absolute atomic E-state index is 11.9. The predicted octanol–water partition coefficient (Wildman–Crippen LogP) is 2.63. The molecule has 0 aromatic heterocycles. The second-order valence-electron chi connectivity index (χ2n) is 7.33. The smallest absolute Gasteiger partial charge is 0.324 e. The Kier molecular flexibility index (Phi) is 4.85. The van der Waals surface area contributed by atoms with Crippen molar-refractivity contribution >= 4 is 5.97 Å². The summed E-state index contributed by atoms with van der Waals surface area (Å²) in [6, 6.07) is 0.472. The van der Waals surface area contributed by atoms with Crippen molar-refractivity contribution in [2.45, 2.75) is 75.8 Å². The molecule has 4 nitrogen and oxygen atoms in total. The number of rotatable bonds is 6. The first kappa shape index (κ1) is 15.3. The summed E-state index contributed by atoms with van der Waals surface area (Å²) >= 11 is 0. The van der Waals surface area contributed by atoms with Crippen molar-refractivity contribution in [2.75, 3.05) is 19.6 Å². The molecule has 0 radical (unpaired) electrons. The number of aliphatic carboxylic acids is 1. The number of carboxylic acids is 1. The Morgan fingerprint density at radius 3 is 2.43 bits per heavy atom. The van der Waals surface area contributed by atoms with Gasteiger partial charge in [0.15, 0.2) is 0 Å². The lowest BCUT2D eigenvalue weighted by Crippen LogP contribution is -2.56. The highest BCUT2D eigenvalue weighted by molar-refractivity contribution is 5.80. The number of nitrogens with one attached hydrogen (secondary N) is 1. The fraction of sp³-hybridized carbons (Fsp3) is 0.941. The van der Waals surface area contributed by atoms with E-state index in [-0.39, 0.29) is 0 Å². The van der Waals surface area contributed by atoms with Crippen LogP contribution in [0.5, 0.6) is 0 Å². The van der Waals surface area contributed by atoms with Gasteiger partial charge in [-0.25, -0.2) is 0 Å². The minimum absolute atomic E-state index is 0.318. The van der Waals surface area contributed by atoms with Crippen LogP contribution in [0.3, 0.4) is 0 Å². The van der Waals surface area contributed by atoms with Crippen LogP contribution in [0.25, 0.3) is 0 Å². The van der Waals surface area contributed by atoms with Crippen molar-refractivity contribution in [2.24, 2.45) is 5.92 Å². The summed E-state index contributed by atoms with van der Waals surface area (Å²) in [5.41, 5.74) is -0.618. The van der Waals surface area contributed by atoms with E-state index in [0.717, 1.165) is 45.1 Å². The average molecular weight is 294 g/mol. The van der Waals surface area contributed by atoms with E-state index >= 15 is 0 Å². The topological polar surface area (TPSA) is 52.6 Å². The summed E-state index contributed by atoms with van der Waals surface area (Å²) in [5.74, 6) is -0.286. The van der Waals surface area contributed by atoms with E-state index in [1.54, 1.807) is 0 Å². The summed E-state index contributed by atoms with van der Waals surface area (Å²) < 4.78 is 0. The van der Waals surface area contributed by atoms with Gasteiger partial charge in [0.1, 0.15) is 5.54 Å². The van der Waals surface area contributed by atoms with Gasteiger partial charge in [0.05, 0.1) is 0 Å². The minimum atomic E-state index is -0.618. The molecule has 2 aliphatic carbocycles. The number of likely N-dealkylation sites (tertiary alicyclic amines) is 1. The number of carboxylic acid groups (broad SMARTS) is 1. The molecule has 0 amide bonds. The molecule has 4 heteroatoms. The van der Waals surface area contributed by atoms with Gasteiger partial charge in [0.2, 0.25) is 0 Å². The molecular formula is C17H30N2O2. The van der Waals surface area contributed by atoms with Gasteiger partial charge in [-0.2, -0.15) is 0 Å². The summed E-state index contributed by atoms with van der Waals surface area (Å²) in [7, 11) is 0. The van der Waals surface area contributed by atoms with Crippen LogP contribution in [0.15, 0.2) is 0 Å². The van der Waals surface area contributed by atoms with Crippen LogP contribution in [-0.4, -0.2) is 47.2 Å². The SMILES string of the molecule is O=C(O)C1(NC2CC2)CCCC1CCN1CCCCCC1. The van der Waals surface area contributed by atoms with Crippen LogP contribution in [0.4, 0.5) is 0 Å². The molecule has 1 aliphatic heterocycles. The van der Waals surface area contributed by atoms with Gasteiger partial charge in [-0.05, 0) is 70.5 Å². The van der Waals surface area contributed by atoms with Gasteiger partial charge in [0.25, 0.3) is 0 Å². The van der Waals surface area contributed by atoms with Crippen LogP contribution in [0.1, 0.15) is 64.2 Å². The van der Waals surface area contributed by atoms with Gasteiger partial charge in [-0.3, -0.25) is 10.1 Å². The first-order chi connectivity index (χ1) is 10.2. The molecule has 2 unspecified atom stereocenters. The molecule has 0 aromatic rings. The highest BCUT2D eigenvalue weighted by Gasteiger charge is 2.51. The Morgan fingerprint density at radius 2 is 1.81 bits per heavy atom. The first-order valence-electron chi connectivity index (χ1n) is 8.94. The molecule has 120 valence electrons. The molecule has 0 bridgehead atoms. The number of carbonyl (C=O) groups is 1. The normalized spacial score (nSPS) is 34.8. The Hall–Kier alpha value is -0.610. The van der Waals surface area contributed by atoms with Crippen molar-refractivity contribution in [1.82, 2.24) is 10.2 Å². The van der Waals surface area contributed by atoms with E-state index < -0.39 is 11.5 Å². The number of hydrogen-bond acceptors (Lipinski definition) is 3. The molecule has 3 rings (SSSR count). The fourth-order valence-corrected chi connectivity index (χ4v) is 4.29. The number of hydrogen-bond donors (Lipinski definition) is 2. The Bertz CT molecular complexity index is 362. The molecule has 2 N–H and O–H groups in total. The lowest BCUT2D eigenvalue weighted by Gasteiger charge is -2.34. The first-order valence-corrected chi connectivity index (χ1v) is 8.94. The molecule has 3 aliphatic rings. The summed E-state index contributed by atoms with van der Waals surface area (Å²) in [5, 5.41) is 13.3. The van der Waals surface area contributed by atoms with Crippen LogP contribution in [0.2, 0.25) is 0 Å². The Morgan fingerprint density at radius 1 is 1.10 bits per heavy atom. The van der Waals surface area contributed by atoms with Crippen molar-refractivity contribution in [3.05, 3.63) is 0 Å². The lowest BCUT2D eigenvalue weighted by molar-refractivity contribution is -0.147. The minimum Gasteiger partial charge on any atom is -0.480 e. The van der Waals surface area contributed by atoms with Crippen molar-refractivity contribution in [3.63, 3.8) is 0 Å². The largest absolute Gasteiger partial charge is 0.480 e. The fourth-order valence-electron chi connectivity index (χ4n) is 4.29. The van der Waals surface area contributed by atoms with Gasteiger partial charge in [0, 0.05) is 6.04 Å². The van der Waals surface area contributed by atoms with Crippen LogP contribution >= 0.6 is 0 Å². The van der Waals surface area contributed by atoms with Gasteiger partial charge in [-0.1, -0.05) is 19.3 Å². The molecule has 1 heterocycles. The van der Waals surface area contributed by atoms with E-state index in [0.29, 0.717) is 12.0 Å². The standard InChI is InChI=1S/C17H30N2O2/c20-16(21)17(18-15-7-8-15)10-5-6-14(17)9-13-19-11-3-1-2-4-12-19/h14-15,18H,1-13H2,(H,20,21). The molecule has 0 aromatic carbocycles. The lowest BCUT2D eigenvalue weighted by atomic mass is 9.84. The highest BCUT2D eigenvalue weighted by Crippen LogP contribution is 2.40. The monoisotopic (exact) mass is 294 g/mol. The van der Waals surface area contributed by atoms with Crippen molar-refractivity contribution < 1.29 is 9.90 Å². The quantitative estimate of drug-likeness (QED) is 0.791. The second kappa shape index (κ2) is 6.66. The van der Waals surface area contributed by atoms with Gasteiger partial charge in [-0.15, -0.1) is 0 Å². The molecule has 3 fully saturated rings. The summed E-state index contributed by atoms with van der Waals surface area (Å²) in [6.45, 7) is 3.51. The number of nitrogens with zero attached hydrogens (tertiary/aromatic N) is 1. The third-order valence-electron chi connectivity index (χ3n) is 5.73. The van der Waals surface area contributed by atoms with Crippen molar-refractivity contribution in [3.8, 4) is 0 Å². The molecule has 2 saturated carbocycles. The summed E-state index contributed by atoms with van der Waals surface area (Å²) in [4.78, 5) is 14.5. The summed E-state index contributed by atoms with van der Waals surface area (Å²) in [6.07, 6.45) is 11.7. The zero-order valence-corrected chi connectivity index (χ0v) is 13.1. The predicted molar refractivity (Wildman–Crippen MR) is 83.4 cm³/mol. The average Bonchev–Trinajstić information content (AvgIpc) is 3.22. The third kappa shape index (κ3) is 3.59. The van der Waals surface area contributed by atoms with Crippen LogP contribution in [0, 0.1) is 5.92 Å². The van der Waals surface area contributed by atoms with Gasteiger partial charge < -0.3 is 10.0 Å². The zero-order chi connectivity index (χ0) is 14.7. The molecule has 1 saturated heterocycles. The highest BCUT2D eigenvalue weighted by atomic mass is 16.4. The molecule has 2 atom stereocenters. The maximum atomic E-state index is 11.9. The second-order valence-corrected chi connectivity index (χ2v) is 7.33. The van der Waals surface area contributed by atoms with E-state index in [9.17, 15) is 9.90 Å². The van der Waals surface area contributed by atoms with Crippen LogP contribution < -0.4 is 5.32 Å². The third-order valence-corrected chi connectivity index (χ3v) is 5.73. The molecule has 21 heavy (non-hydrogen) atoms.